The Kier molecular flexibility index (Phi) is 4.12. The third-order valence-electron chi connectivity index (χ3n) is 3.75. The number of anilines is 1. The van der Waals surface area contributed by atoms with E-state index < -0.39 is 6.10 Å². The second-order valence-electron chi connectivity index (χ2n) is 5.33. The molecule has 3 rings (SSSR count). The maximum Gasteiger partial charge on any atom is 0.274 e. The number of amides is 1. The van der Waals surface area contributed by atoms with Gasteiger partial charge in [0.05, 0.1) is 5.69 Å². The molecule has 0 saturated heterocycles. The first-order valence-corrected chi connectivity index (χ1v) is 7.28. The van der Waals surface area contributed by atoms with Crippen LogP contribution in [0.2, 0.25) is 0 Å². The molecular weight excluding hydrogens is 294 g/mol. The Morgan fingerprint density at radius 1 is 1.22 bits per heavy atom. The second-order valence-corrected chi connectivity index (χ2v) is 5.33. The molecule has 5 heteroatoms. The largest absolute Gasteiger partial charge is 0.474 e. The van der Waals surface area contributed by atoms with E-state index in [1.807, 2.05) is 30.3 Å². The van der Waals surface area contributed by atoms with Crippen molar-refractivity contribution in [1.82, 2.24) is 0 Å². The van der Waals surface area contributed by atoms with Crippen LogP contribution in [0.25, 0.3) is 0 Å². The number of hydrogen-bond acceptors (Lipinski definition) is 4. The fourth-order valence-corrected chi connectivity index (χ4v) is 2.59. The number of benzene rings is 2. The predicted molar refractivity (Wildman–Crippen MR) is 85.6 cm³/mol. The predicted octanol–water partition coefficient (Wildman–Crippen LogP) is 2.96. The summed E-state index contributed by atoms with van der Waals surface area (Å²) in [6.45, 7) is 1.58. The van der Waals surface area contributed by atoms with Gasteiger partial charge in [0, 0.05) is 18.2 Å². The number of Topliss-reactive ketones (excluding diaryl/α,β-unsaturated/α-hetero) is 1. The maximum atomic E-state index is 12.8. The molecule has 118 valence electrons. The summed E-state index contributed by atoms with van der Waals surface area (Å²) in [4.78, 5) is 25.9. The average molecular weight is 311 g/mol. The Labute approximate surface area is 134 Å². The first-order chi connectivity index (χ1) is 11.1. The van der Waals surface area contributed by atoms with Gasteiger partial charge in [0.2, 0.25) is 6.10 Å². The van der Waals surface area contributed by atoms with Crippen molar-refractivity contribution in [2.45, 2.75) is 13.0 Å². The number of nitrogens with zero attached hydrogens (tertiary/aromatic N) is 1. The number of rotatable bonds is 4. The topological polar surface area (TPSA) is 55.8 Å². The van der Waals surface area contributed by atoms with Crippen molar-refractivity contribution < 1.29 is 19.1 Å². The van der Waals surface area contributed by atoms with Crippen LogP contribution in [0.4, 0.5) is 5.69 Å². The van der Waals surface area contributed by atoms with Crippen molar-refractivity contribution in [3.63, 3.8) is 0 Å². The molecule has 0 radical (unpaired) electrons. The van der Waals surface area contributed by atoms with Gasteiger partial charge in [0.25, 0.3) is 5.91 Å². The third-order valence-corrected chi connectivity index (χ3v) is 3.75. The lowest BCUT2D eigenvalue weighted by Gasteiger charge is -2.34. The molecule has 1 aliphatic rings. The first kappa shape index (κ1) is 15.2. The van der Waals surface area contributed by atoms with Gasteiger partial charge in [-0.05, 0) is 25.1 Å². The lowest BCUT2D eigenvalue weighted by atomic mass is 10.0. The first-order valence-electron chi connectivity index (χ1n) is 7.28. The third kappa shape index (κ3) is 2.83. The molecular formula is C18H17NO4. The molecule has 1 unspecified atom stereocenters. The number of carbonyl (C=O) groups excluding carboxylic acids is 2. The van der Waals surface area contributed by atoms with Gasteiger partial charge in [-0.2, -0.15) is 0 Å². The van der Waals surface area contributed by atoms with Gasteiger partial charge in [0.1, 0.15) is 12.5 Å². The minimum Gasteiger partial charge on any atom is -0.474 e. The molecule has 2 aromatic carbocycles. The molecule has 1 amide bonds. The van der Waals surface area contributed by atoms with E-state index in [9.17, 15) is 9.59 Å². The van der Waals surface area contributed by atoms with E-state index >= 15 is 0 Å². The highest BCUT2D eigenvalue weighted by Crippen LogP contribution is 2.39. The summed E-state index contributed by atoms with van der Waals surface area (Å²) in [6, 6.07) is 14.4. The minimum atomic E-state index is -0.720. The monoisotopic (exact) mass is 311 g/mol. The van der Waals surface area contributed by atoms with Gasteiger partial charge >= 0.3 is 0 Å². The molecule has 0 spiro atoms. The van der Waals surface area contributed by atoms with Crippen molar-refractivity contribution in [3.05, 3.63) is 59.7 Å². The smallest absolute Gasteiger partial charge is 0.274 e. The van der Waals surface area contributed by atoms with Crippen LogP contribution in [0.5, 0.6) is 5.75 Å². The fraction of sp³-hybridized carbons (Fsp3) is 0.222. The molecule has 5 nitrogen and oxygen atoms in total. The van der Waals surface area contributed by atoms with Crippen molar-refractivity contribution in [1.29, 1.82) is 0 Å². The van der Waals surface area contributed by atoms with Crippen LogP contribution in [-0.4, -0.2) is 25.5 Å². The summed E-state index contributed by atoms with van der Waals surface area (Å²) in [5.41, 5.74) is 1.86. The molecule has 1 heterocycles. The van der Waals surface area contributed by atoms with Gasteiger partial charge in [-0.15, -0.1) is 0 Å². The van der Waals surface area contributed by atoms with E-state index in [2.05, 4.69) is 0 Å². The Bertz CT molecular complexity index is 742. The summed E-state index contributed by atoms with van der Waals surface area (Å²) in [7, 11) is 1.52. The normalized spacial score (nSPS) is 16.7. The van der Waals surface area contributed by atoms with Crippen LogP contribution >= 0.6 is 0 Å². The minimum absolute atomic E-state index is 0.0669. The van der Waals surface area contributed by atoms with Crippen molar-refractivity contribution in [2.24, 2.45) is 0 Å². The molecule has 1 aliphatic heterocycles. The summed E-state index contributed by atoms with van der Waals surface area (Å²) >= 11 is 0. The van der Waals surface area contributed by atoms with Gasteiger partial charge in [0.15, 0.2) is 5.78 Å². The number of methoxy groups -OCH3 is 1. The van der Waals surface area contributed by atoms with Gasteiger partial charge < -0.3 is 9.47 Å². The molecule has 0 N–H and O–H groups in total. The van der Waals surface area contributed by atoms with E-state index in [0.717, 1.165) is 5.56 Å². The number of ether oxygens (including phenoxy) is 2. The van der Waals surface area contributed by atoms with E-state index in [-0.39, 0.29) is 18.4 Å². The molecule has 1 atom stereocenters. The van der Waals surface area contributed by atoms with E-state index in [1.54, 1.807) is 18.2 Å². The van der Waals surface area contributed by atoms with Crippen LogP contribution in [0.1, 0.15) is 28.9 Å². The lowest BCUT2D eigenvalue weighted by Crippen LogP contribution is -2.42. The molecule has 0 bridgehead atoms. The highest BCUT2D eigenvalue weighted by Gasteiger charge is 2.35. The molecule has 0 fully saturated rings. The highest BCUT2D eigenvalue weighted by molar-refractivity contribution is 6.02. The molecule has 0 saturated carbocycles. The molecule has 0 aliphatic carbocycles. The fourth-order valence-electron chi connectivity index (χ4n) is 2.59. The lowest BCUT2D eigenvalue weighted by molar-refractivity contribution is -0.127. The van der Waals surface area contributed by atoms with Crippen molar-refractivity contribution in [3.8, 4) is 5.75 Å². The van der Waals surface area contributed by atoms with Crippen LogP contribution in [0.15, 0.2) is 48.5 Å². The van der Waals surface area contributed by atoms with Gasteiger partial charge in [-0.1, -0.05) is 30.3 Å². The number of fused-ring (bicyclic) bond motifs is 1. The Hall–Kier alpha value is -2.66. The van der Waals surface area contributed by atoms with Crippen LogP contribution < -0.4 is 9.64 Å². The van der Waals surface area contributed by atoms with E-state index in [0.29, 0.717) is 17.0 Å². The zero-order valence-corrected chi connectivity index (χ0v) is 13.0. The zero-order chi connectivity index (χ0) is 16.4. The van der Waals surface area contributed by atoms with E-state index in [4.69, 9.17) is 9.47 Å². The Balaban J connectivity index is 2.06. The summed E-state index contributed by atoms with van der Waals surface area (Å²) < 4.78 is 11.0. The number of hydrogen-bond donors (Lipinski definition) is 0. The average Bonchev–Trinajstić information content (AvgIpc) is 2.57. The maximum absolute atomic E-state index is 12.8. The number of carbonyl (C=O) groups is 2. The van der Waals surface area contributed by atoms with E-state index in [1.165, 1.54) is 18.9 Å². The van der Waals surface area contributed by atoms with Crippen LogP contribution in [-0.2, 0) is 9.53 Å². The Morgan fingerprint density at radius 3 is 2.61 bits per heavy atom. The highest BCUT2D eigenvalue weighted by atomic mass is 16.5. The van der Waals surface area contributed by atoms with Crippen LogP contribution in [0, 0.1) is 0 Å². The van der Waals surface area contributed by atoms with Crippen molar-refractivity contribution >= 4 is 17.4 Å². The molecule has 2 aromatic rings. The summed E-state index contributed by atoms with van der Waals surface area (Å²) in [5, 5.41) is 0. The Morgan fingerprint density at radius 2 is 1.96 bits per heavy atom. The van der Waals surface area contributed by atoms with Gasteiger partial charge in [-0.25, -0.2) is 0 Å². The number of ketones is 1. The second kappa shape index (κ2) is 6.22. The van der Waals surface area contributed by atoms with Gasteiger partial charge in [-0.3, -0.25) is 14.5 Å². The van der Waals surface area contributed by atoms with Crippen molar-refractivity contribution in [2.75, 3.05) is 18.7 Å². The molecule has 0 aromatic heterocycles. The summed E-state index contributed by atoms with van der Waals surface area (Å²) in [6.07, 6.45) is -0.720. The standard InChI is InChI=1S/C18H17NO4/c1-12(20)14-8-9-16-15(10-14)19(11-22-2)18(21)17(23-16)13-6-4-3-5-7-13/h3-10,17H,11H2,1-2H3. The zero-order valence-electron chi connectivity index (χ0n) is 13.0. The summed E-state index contributed by atoms with van der Waals surface area (Å²) in [5.74, 6) is 0.273. The quantitative estimate of drug-likeness (QED) is 0.815. The molecule has 23 heavy (non-hydrogen) atoms. The SMILES string of the molecule is COCN1C(=O)C(c2ccccc2)Oc2ccc(C(C)=O)cc21. The van der Waals surface area contributed by atoms with Crippen LogP contribution in [0.3, 0.4) is 0 Å².